The largest absolute Gasteiger partial charge is 0.465 e. The lowest BCUT2D eigenvalue weighted by Gasteiger charge is -2.24. The number of amides is 2. The molecule has 0 aromatic rings. The molecule has 0 saturated carbocycles. The van der Waals surface area contributed by atoms with Crippen molar-refractivity contribution < 1.29 is 19.1 Å². The Hall–Kier alpha value is -1.59. The van der Waals surface area contributed by atoms with Gasteiger partial charge < -0.3 is 15.0 Å². The molecule has 0 rings (SSSR count). The van der Waals surface area contributed by atoms with Crippen LogP contribution in [0.15, 0.2) is 0 Å². The molecule has 0 aliphatic rings. The zero-order valence-corrected chi connectivity index (χ0v) is 12.6. The van der Waals surface area contributed by atoms with Gasteiger partial charge in [0, 0.05) is 12.5 Å². The third-order valence-electron chi connectivity index (χ3n) is 2.45. The summed E-state index contributed by atoms with van der Waals surface area (Å²) in [7, 11) is 1.50. The van der Waals surface area contributed by atoms with Crippen molar-refractivity contribution in [3.8, 4) is 0 Å². The van der Waals surface area contributed by atoms with Gasteiger partial charge in [0.25, 0.3) is 0 Å². The van der Waals surface area contributed by atoms with E-state index in [4.69, 9.17) is 4.74 Å². The summed E-state index contributed by atoms with van der Waals surface area (Å²) in [6, 6.07) is -0.675. The summed E-state index contributed by atoms with van der Waals surface area (Å²) in [5, 5.41) is 2.62. The van der Waals surface area contributed by atoms with Gasteiger partial charge in [0.2, 0.25) is 11.8 Å². The predicted molar refractivity (Wildman–Crippen MR) is 71.3 cm³/mol. The van der Waals surface area contributed by atoms with Crippen LogP contribution < -0.4 is 5.32 Å². The maximum atomic E-state index is 11.9. The smallest absolute Gasteiger partial charge is 0.325 e. The predicted octanol–water partition coefficient (Wildman–Crippen LogP) is 0.559. The fourth-order valence-corrected chi connectivity index (χ4v) is 1.28. The highest BCUT2D eigenvalue weighted by Gasteiger charge is 2.27. The maximum Gasteiger partial charge on any atom is 0.325 e. The molecule has 0 aromatic carbocycles. The number of hydrogen-bond acceptors (Lipinski definition) is 4. The number of esters is 1. The van der Waals surface area contributed by atoms with Crippen LogP contribution in [-0.2, 0) is 19.1 Å². The molecule has 6 heteroatoms. The highest BCUT2D eigenvalue weighted by Crippen LogP contribution is 2.13. The first-order chi connectivity index (χ1) is 8.59. The van der Waals surface area contributed by atoms with Gasteiger partial charge in [-0.25, -0.2) is 0 Å². The molecule has 6 nitrogen and oxygen atoms in total. The normalized spacial score (nSPS) is 12.5. The van der Waals surface area contributed by atoms with Crippen molar-refractivity contribution in [3.05, 3.63) is 0 Å². The summed E-state index contributed by atoms with van der Waals surface area (Å²) >= 11 is 0. The van der Waals surface area contributed by atoms with Crippen LogP contribution in [0.2, 0.25) is 0 Å². The van der Waals surface area contributed by atoms with E-state index in [0.717, 1.165) is 0 Å². The lowest BCUT2D eigenvalue weighted by molar-refractivity contribution is -0.148. The Morgan fingerprint density at radius 3 is 2.21 bits per heavy atom. The van der Waals surface area contributed by atoms with Crippen LogP contribution >= 0.6 is 0 Å². The summed E-state index contributed by atoms with van der Waals surface area (Å²) in [6.45, 7) is 8.74. The number of nitrogens with one attached hydrogen (secondary N) is 1. The number of likely N-dealkylation sites (N-methyl/N-ethyl adjacent to an activating group) is 1. The second kappa shape index (κ2) is 7.11. The summed E-state index contributed by atoms with van der Waals surface area (Å²) in [4.78, 5) is 36.2. The molecular weight excluding hydrogens is 248 g/mol. The first-order valence-electron chi connectivity index (χ1n) is 6.31. The zero-order chi connectivity index (χ0) is 15.2. The number of nitrogens with zero attached hydrogens (tertiary/aromatic N) is 1. The number of hydrogen-bond donors (Lipinski definition) is 1. The molecule has 1 unspecified atom stereocenters. The second-order valence-electron chi connectivity index (χ2n) is 5.44. The van der Waals surface area contributed by atoms with E-state index in [1.165, 1.54) is 11.9 Å². The van der Waals surface area contributed by atoms with Gasteiger partial charge in [-0.3, -0.25) is 14.4 Å². The van der Waals surface area contributed by atoms with Crippen molar-refractivity contribution in [3.63, 3.8) is 0 Å². The molecule has 0 heterocycles. The monoisotopic (exact) mass is 272 g/mol. The summed E-state index contributed by atoms with van der Waals surface area (Å²) < 4.78 is 4.76. The number of carbonyl (C=O) groups is 3. The third kappa shape index (κ3) is 6.22. The van der Waals surface area contributed by atoms with E-state index in [2.05, 4.69) is 5.32 Å². The summed E-state index contributed by atoms with van der Waals surface area (Å²) in [5.41, 5.74) is -0.561. The average molecular weight is 272 g/mol. The molecule has 1 N–H and O–H groups in total. The van der Waals surface area contributed by atoms with Gasteiger partial charge >= 0.3 is 5.97 Å². The van der Waals surface area contributed by atoms with Gasteiger partial charge in [0.15, 0.2) is 0 Å². The van der Waals surface area contributed by atoms with Crippen molar-refractivity contribution in [2.75, 3.05) is 20.2 Å². The van der Waals surface area contributed by atoms with E-state index in [-0.39, 0.29) is 25.0 Å². The molecule has 0 bridgehead atoms. The lowest BCUT2D eigenvalue weighted by Crippen LogP contribution is -2.49. The molecule has 110 valence electrons. The topological polar surface area (TPSA) is 75.7 Å². The van der Waals surface area contributed by atoms with Crippen LogP contribution in [-0.4, -0.2) is 48.9 Å². The SMILES string of the molecule is CCOC(=O)CN(C)C(=O)C(C)NC(=O)C(C)(C)C. The molecular formula is C13H24N2O4. The fourth-order valence-electron chi connectivity index (χ4n) is 1.28. The number of ether oxygens (including phenoxy) is 1. The first kappa shape index (κ1) is 17.4. The first-order valence-corrected chi connectivity index (χ1v) is 6.31. The van der Waals surface area contributed by atoms with Crippen LogP contribution in [0.1, 0.15) is 34.6 Å². The Morgan fingerprint density at radius 1 is 1.26 bits per heavy atom. The molecule has 0 radical (unpaired) electrons. The van der Waals surface area contributed by atoms with Gasteiger partial charge in [0.1, 0.15) is 12.6 Å². The Labute approximate surface area is 114 Å². The van der Waals surface area contributed by atoms with Crippen LogP contribution in [0.4, 0.5) is 0 Å². The second-order valence-corrected chi connectivity index (χ2v) is 5.44. The molecule has 2 amide bonds. The third-order valence-corrected chi connectivity index (χ3v) is 2.45. The quantitative estimate of drug-likeness (QED) is 0.742. The highest BCUT2D eigenvalue weighted by molar-refractivity contribution is 5.90. The van der Waals surface area contributed by atoms with Crippen molar-refractivity contribution in [2.24, 2.45) is 5.41 Å². The van der Waals surface area contributed by atoms with Crippen molar-refractivity contribution in [2.45, 2.75) is 40.7 Å². The van der Waals surface area contributed by atoms with Crippen molar-refractivity contribution >= 4 is 17.8 Å². The molecule has 0 fully saturated rings. The van der Waals surface area contributed by atoms with Gasteiger partial charge in [-0.1, -0.05) is 20.8 Å². The fraction of sp³-hybridized carbons (Fsp3) is 0.769. The van der Waals surface area contributed by atoms with E-state index in [9.17, 15) is 14.4 Å². The minimum absolute atomic E-state index is 0.123. The van der Waals surface area contributed by atoms with Crippen LogP contribution in [0.5, 0.6) is 0 Å². The molecule has 0 aliphatic heterocycles. The molecule has 0 aliphatic carbocycles. The summed E-state index contributed by atoms with van der Waals surface area (Å²) in [5.74, 6) is -1.00. The van der Waals surface area contributed by atoms with E-state index in [1.54, 1.807) is 34.6 Å². The van der Waals surface area contributed by atoms with E-state index in [1.807, 2.05) is 0 Å². The molecule has 19 heavy (non-hydrogen) atoms. The minimum atomic E-state index is -0.675. The molecule has 0 spiro atoms. The van der Waals surface area contributed by atoms with Gasteiger partial charge in [-0.05, 0) is 13.8 Å². The Bertz CT molecular complexity index is 347. The van der Waals surface area contributed by atoms with Crippen molar-refractivity contribution in [1.29, 1.82) is 0 Å². The minimum Gasteiger partial charge on any atom is -0.465 e. The lowest BCUT2D eigenvalue weighted by atomic mass is 9.95. The van der Waals surface area contributed by atoms with E-state index < -0.39 is 17.4 Å². The van der Waals surface area contributed by atoms with E-state index in [0.29, 0.717) is 0 Å². The summed E-state index contributed by atoms with van der Waals surface area (Å²) in [6.07, 6.45) is 0. The zero-order valence-electron chi connectivity index (χ0n) is 12.6. The Kier molecular flexibility index (Phi) is 6.52. The van der Waals surface area contributed by atoms with Gasteiger partial charge in [-0.15, -0.1) is 0 Å². The maximum absolute atomic E-state index is 11.9. The molecule has 1 atom stereocenters. The van der Waals surface area contributed by atoms with Crippen LogP contribution in [0.25, 0.3) is 0 Å². The number of carbonyl (C=O) groups excluding carboxylic acids is 3. The van der Waals surface area contributed by atoms with Gasteiger partial charge in [0.05, 0.1) is 6.61 Å². The van der Waals surface area contributed by atoms with Crippen LogP contribution in [0.3, 0.4) is 0 Å². The van der Waals surface area contributed by atoms with Gasteiger partial charge in [-0.2, -0.15) is 0 Å². The standard InChI is InChI=1S/C13H24N2O4/c1-7-19-10(16)8-15(6)11(17)9(2)14-12(18)13(3,4)5/h9H,7-8H2,1-6H3,(H,14,18). The van der Waals surface area contributed by atoms with Crippen molar-refractivity contribution in [1.82, 2.24) is 10.2 Å². The Balaban J connectivity index is 4.41. The number of rotatable bonds is 5. The average Bonchev–Trinajstić information content (AvgIpc) is 2.26. The molecule has 0 aromatic heterocycles. The van der Waals surface area contributed by atoms with Crippen LogP contribution in [0, 0.1) is 5.41 Å². The molecule has 0 saturated heterocycles. The Morgan fingerprint density at radius 2 is 1.79 bits per heavy atom. The van der Waals surface area contributed by atoms with E-state index >= 15 is 0 Å². The highest BCUT2D eigenvalue weighted by atomic mass is 16.5.